The molecule has 0 unspecified atom stereocenters. The topological polar surface area (TPSA) is 50.7 Å². The smallest absolute Gasteiger partial charge is 0.365 e. The summed E-state index contributed by atoms with van der Waals surface area (Å²) in [5, 5.41) is 9.97. The van der Waals surface area contributed by atoms with Crippen LogP contribution < -0.4 is 5.32 Å². The maximum atomic E-state index is 13.2. The van der Waals surface area contributed by atoms with Gasteiger partial charge < -0.3 is 5.32 Å². The Labute approximate surface area is 132 Å². The van der Waals surface area contributed by atoms with Gasteiger partial charge in [-0.15, -0.1) is 10.2 Å². The summed E-state index contributed by atoms with van der Waals surface area (Å²) < 4.78 is 39.5. The molecule has 1 aromatic carbocycles. The zero-order chi connectivity index (χ0) is 16.3. The summed E-state index contributed by atoms with van der Waals surface area (Å²) in [6.45, 7) is 0. The second kappa shape index (κ2) is 6.52. The van der Waals surface area contributed by atoms with Crippen LogP contribution in [0, 0.1) is 0 Å². The van der Waals surface area contributed by atoms with Crippen LogP contribution in [0.25, 0.3) is 11.4 Å². The predicted molar refractivity (Wildman–Crippen MR) is 80.8 cm³/mol. The zero-order valence-electron chi connectivity index (χ0n) is 12.5. The summed E-state index contributed by atoms with van der Waals surface area (Å²) >= 11 is 0. The van der Waals surface area contributed by atoms with Crippen molar-refractivity contribution < 1.29 is 13.2 Å². The third-order valence-electron chi connectivity index (χ3n) is 3.93. The predicted octanol–water partition coefficient (Wildman–Crippen LogP) is 4.30. The van der Waals surface area contributed by atoms with Crippen LogP contribution in [0.2, 0.25) is 0 Å². The molecule has 7 heteroatoms. The highest BCUT2D eigenvalue weighted by Crippen LogP contribution is 2.34. The number of alkyl halides is 3. The Hall–Kier alpha value is -2.18. The number of halogens is 3. The first-order chi connectivity index (χ1) is 11.0. The Kier molecular flexibility index (Phi) is 4.45. The molecule has 0 atom stereocenters. The Morgan fingerprint density at radius 2 is 1.65 bits per heavy atom. The van der Waals surface area contributed by atoms with Crippen LogP contribution in [-0.4, -0.2) is 21.2 Å². The van der Waals surface area contributed by atoms with E-state index in [1.54, 1.807) is 24.3 Å². The Morgan fingerprint density at radius 1 is 0.957 bits per heavy atom. The molecule has 4 nitrogen and oxygen atoms in total. The van der Waals surface area contributed by atoms with Crippen molar-refractivity contribution in [2.24, 2.45) is 0 Å². The Morgan fingerprint density at radius 3 is 2.30 bits per heavy atom. The molecule has 0 amide bonds. The van der Waals surface area contributed by atoms with Crippen molar-refractivity contribution in [2.75, 3.05) is 5.32 Å². The number of aromatic nitrogens is 3. The normalized spacial score (nSPS) is 16.3. The molecule has 1 fully saturated rings. The second-order valence-electron chi connectivity index (χ2n) is 5.68. The van der Waals surface area contributed by atoms with Crippen molar-refractivity contribution in [1.82, 2.24) is 15.2 Å². The van der Waals surface area contributed by atoms with E-state index in [0.29, 0.717) is 5.56 Å². The first-order valence-corrected chi connectivity index (χ1v) is 7.68. The minimum Gasteiger partial charge on any atom is -0.365 e. The SMILES string of the molecule is FC(F)(F)c1nnc(-c2ccccc2)nc1NC1CCCCC1. The van der Waals surface area contributed by atoms with E-state index in [4.69, 9.17) is 0 Å². The van der Waals surface area contributed by atoms with Gasteiger partial charge in [-0.2, -0.15) is 13.2 Å². The fourth-order valence-corrected chi connectivity index (χ4v) is 2.77. The van der Waals surface area contributed by atoms with Gasteiger partial charge in [0.1, 0.15) is 0 Å². The first-order valence-electron chi connectivity index (χ1n) is 7.68. The molecule has 1 aliphatic rings. The van der Waals surface area contributed by atoms with E-state index < -0.39 is 11.9 Å². The third-order valence-corrected chi connectivity index (χ3v) is 3.93. The number of rotatable bonds is 3. The molecule has 1 saturated carbocycles. The van der Waals surface area contributed by atoms with Crippen molar-refractivity contribution in [2.45, 2.75) is 44.3 Å². The van der Waals surface area contributed by atoms with Gasteiger partial charge in [-0.05, 0) is 12.8 Å². The molecule has 0 saturated heterocycles. The molecule has 0 bridgehead atoms. The number of benzene rings is 1. The van der Waals surface area contributed by atoms with Crippen molar-refractivity contribution in [3.8, 4) is 11.4 Å². The van der Waals surface area contributed by atoms with Gasteiger partial charge in [0, 0.05) is 11.6 Å². The van der Waals surface area contributed by atoms with Gasteiger partial charge >= 0.3 is 6.18 Å². The lowest BCUT2D eigenvalue weighted by Crippen LogP contribution is -2.26. The van der Waals surface area contributed by atoms with E-state index >= 15 is 0 Å². The summed E-state index contributed by atoms with van der Waals surface area (Å²) in [5.41, 5.74) is -0.414. The van der Waals surface area contributed by atoms with Gasteiger partial charge in [0.15, 0.2) is 11.6 Å². The summed E-state index contributed by atoms with van der Waals surface area (Å²) in [7, 11) is 0. The van der Waals surface area contributed by atoms with Crippen LogP contribution >= 0.6 is 0 Å². The van der Waals surface area contributed by atoms with Crippen LogP contribution in [0.3, 0.4) is 0 Å². The second-order valence-corrected chi connectivity index (χ2v) is 5.68. The van der Waals surface area contributed by atoms with Gasteiger partial charge in [0.25, 0.3) is 0 Å². The first kappa shape index (κ1) is 15.7. The van der Waals surface area contributed by atoms with Crippen molar-refractivity contribution in [1.29, 1.82) is 0 Å². The zero-order valence-corrected chi connectivity index (χ0v) is 12.5. The molecular formula is C16H17F3N4. The average molecular weight is 322 g/mol. The van der Waals surface area contributed by atoms with E-state index in [0.717, 1.165) is 32.1 Å². The van der Waals surface area contributed by atoms with E-state index in [-0.39, 0.29) is 17.7 Å². The summed E-state index contributed by atoms with van der Waals surface area (Å²) in [5.74, 6) is -0.0323. The lowest BCUT2D eigenvalue weighted by atomic mass is 9.95. The number of hydrogen-bond acceptors (Lipinski definition) is 4. The largest absolute Gasteiger partial charge is 0.438 e. The summed E-state index contributed by atoms with van der Waals surface area (Å²) in [6.07, 6.45) is 0.282. The van der Waals surface area contributed by atoms with Crippen molar-refractivity contribution in [3.63, 3.8) is 0 Å². The average Bonchev–Trinajstić information content (AvgIpc) is 2.55. The van der Waals surface area contributed by atoms with Gasteiger partial charge in [-0.3, -0.25) is 0 Å². The highest BCUT2D eigenvalue weighted by Gasteiger charge is 2.38. The number of nitrogens with one attached hydrogen (secondary N) is 1. The van der Waals surface area contributed by atoms with Crippen LogP contribution in [-0.2, 0) is 6.18 Å². The van der Waals surface area contributed by atoms with Crippen molar-refractivity contribution in [3.05, 3.63) is 36.0 Å². The summed E-state index contributed by atoms with van der Waals surface area (Å²) in [6, 6.07) is 8.88. The quantitative estimate of drug-likeness (QED) is 0.915. The molecule has 23 heavy (non-hydrogen) atoms. The molecule has 1 aliphatic carbocycles. The lowest BCUT2D eigenvalue weighted by molar-refractivity contribution is -0.141. The molecule has 1 aromatic heterocycles. The van der Waals surface area contributed by atoms with E-state index in [9.17, 15) is 13.2 Å². The number of nitrogens with zero attached hydrogens (tertiary/aromatic N) is 3. The minimum absolute atomic E-state index is 0.00479. The van der Waals surface area contributed by atoms with Crippen molar-refractivity contribution >= 4 is 5.82 Å². The molecule has 122 valence electrons. The maximum absolute atomic E-state index is 13.2. The van der Waals surface area contributed by atoms with Crippen LogP contribution in [0.15, 0.2) is 30.3 Å². The standard InChI is InChI=1S/C16H17F3N4/c17-16(18,19)13-15(20-12-9-5-2-6-10-12)21-14(23-22-13)11-7-3-1-4-8-11/h1,3-4,7-8,12H,2,5-6,9-10H2,(H,20,21,23). The van der Waals surface area contributed by atoms with Crippen LogP contribution in [0.4, 0.5) is 19.0 Å². The van der Waals surface area contributed by atoms with E-state index in [1.165, 1.54) is 0 Å². The lowest BCUT2D eigenvalue weighted by Gasteiger charge is -2.24. The molecule has 1 N–H and O–H groups in total. The Bertz CT molecular complexity index is 652. The molecule has 0 radical (unpaired) electrons. The fraction of sp³-hybridized carbons (Fsp3) is 0.438. The molecule has 3 rings (SSSR count). The third kappa shape index (κ3) is 3.78. The van der Waals surface area contributed by atoms with Crippen LogP contribution in [0.1, 0.15) is 37.8 Å². The molecular weight excluding hydrogens is 305 g/mol. The monoisotopic (exact) mass is 322 g/mol. The highest BCUT2D eigenvalue weighted by molar-refractivity contribution is 5.57. The minimum atomic E-state index is -4.58. The maximum Gasteiger partial charge on any atom is 0.438 e. The summed E-state index contributed by atoms with van der Waals surface area (Å²) in [4.78, 5) is 4.10. The van der Waals surface area contributed by atoms with Crippen LogP contribution in [0.5, 0.6) is 0 Å². The molecule has 2 aromatic rings. The number of anilines is 1. The molecule has 1 heterocycles. The highest BCUT2D eigenvalue weighted by atomic mass is 19.4. The fourth-order valence-electron chi connectivity index (χ4n) is 2.77. The van der Waals surface area contributed by atoms with Gasteiger partial charge in [0.2, 0.25) is 5.69 Å². The van der Waals surface area contributed by atoms with E-state index in [1.807, 2.05) is 6.07 Å². The number of hydrogen-bond donors (Lipinski definition) is 1. The molecule has 0 spiro atoms. The van der Waals surface area contributed by atoms with E-state index in [2.05, 4.69) is 20.5 Å². The van der Waals surface area contributed by atoms with Gasteiger partial charge in [0.05, 0.1) is 0 Å². The molecule has 0 aliphatic heterocycles. The van der Waals surface area contributed by atoms with Gasteiger partial charge in [-0.25, -0.2) is 4.98 Å². The Balaban J connectivity index is 1.95. The van der Waals surface area contributed by atoms with Gasteiger partial charge in [-0.1, -0.05) is 49.6 Å².